The van der Waals surface area contributed by atoms with Crippen LogP contribution in [-0.4, -0.2) is 0 Å². The molecule has 0 saturated heterocycles. The molecule has 0 aliphatic rings. The van der Waals surface area contributed by atoms with Gasteiger partial charge in [0.25, 0.3) is 0 Å². The highest BCUT2D eigenvalue weighted by Crippen LogP contribution is 2.35. The van der Waals surface area contributed by atoms with Crippen LogP contribution in [0.1, 0.15) is 0 Å². The minimum absolute atomic E-state index is 0.255. The summed E-state index contributed by atoms with van der Waals surface area (Å²) in [6.45, 7) is 0. The van der Waals surface area contributed by atoms with Crippen molar-refractivity contribution in [3.05, 3.63) is 84.7 Å². The Kier molecular flexibility index (Phi) is 3.46. The Morgan fingerprint density at radius 2 is 1.30 bits per heavy atom. The molecule has 0 saturated carbocycles. The molecule has 0 radical (unpaired) electrons. The van der Waals surface area contributed by atoms with Gasteiger partial charge in [-0.15, -0.1) is 0 Å². The fourth-order valence-electron chi connectivity index (χ4n) is 2.06. The van der Waals surface area contributed by atoms with Crippen LogP contribution in [0.25, 0.3) is 11.1 Å². The number of ether oxygens (including phenoxy) is 1. The molecule has 2 heteroatoms. The minimum Gasteiger partial charge on any atom is -0.454 e. The van der Waals surface area contributed by atoms with E-state index in [4.69, 9.17) is 4.74 Å². The summed E-state index contributed by atoms with van der Waals surface area (Å²) in [5.41, 5.74) is 1.67. The van der Waals surface area contributed by atoms with E-state index < -0.39 is 0 Å². The molecule has 3 aromatic rings. The number of rotatable bonds is 3. The average molecular weight is 264 g/mol. The van der Waals surface area contributed by atoms with E-state index in [-0.39, 0.29) is 11.6 Å². The summed E-state index contributed by atoms with van der Waals surface area (Å²) in [5.74, 6) is 0.509. The Bertz CT molecular complexity index is 693. The molecule has 0 amide bonds. The lowest BCUT2D eigenvalue weighted by atomic mass is 10.0. The van der Waals surface area contributed by atoms with Gasteiger partial charge in [-0.1, -0.05) is 60.7 Å². The van der Waals surface area contributed by atoms with Gasteiger partial charge in [0.15, 0.2) is 11.6 Å². The molecular formula is C18H13FO. The minimum atomic E-state index is -0.366. The lowest BCUT2D eigenvalue weighted by Gasteiger charge is -2.12. The first kappa shape index (κ1) is 12.4. The smallest absolute Gasteiger partial charge is 0.170 e. The van der Waals surface area contributed by atoms with Crippen molar-refractivity contribution in [3.8, 4) is 22.6 Å². The van der Waals surface area contributed by atoms with Crippen LogP contribution < -0.4 is 4.74 Å². The van der Waals surface area contributed by atoms with Crippen LogP contribution in [0.2, 0.25) is 0 Å². The van der Waals surface area contributed by atoms with Crippen molar-refractivity contribution in [2.45, 2.75) is 0 Å². The standard InChI is InChI=1S/C18H13FO/c19-17-13-7-12-16(14-8-3-1-4-9-14)18(17)20-15-10-5-2-6-11-15/h1-13H. The second-order valence-corrected chi connectivity index (χ2v) is 4.40. The number of benzene rings is 3. The van der Waals surface area contributed by atoms with Crippen LogP contribution in [0.5, 0.6) is 11.5 Å². The fraction of sp³-hybridized carbons (Fsp3) is 0. The molecule has 0 atom stereocenters. The Hall–Kier alpha value is -2.61. The van der Waals surface area contributed by atoms with E-state index >= 15 is 0 Å². The van der Waals surface area contributed by atoms with Crippen molar-refractivity contribution in [2.24, 2.45) is 0 Å². The fourth-order valence-corrected chi connectivity index (χ4v) is 2.06. The maximum atomic E-state index is 14.1. The van der Waals surface area contributed by atoms with E-state index in [0.29, 0.717) is 5.75 Å². The normalized spacial score (nSPS) is 10.2. The molecule has 3 aromatic carbocycles. The van der Waals surface area contributed by atoms with Gasteiger partial charge in [0.05, 0.1) is 0 Å². The molecule has 0 N–H and O–H groups in total. The van der Waals surface area contributed by atoms with E-state index in [2.05, 4.69) is 0 Å². The maximum absolute atomic E-state index is 14.1. The van der Waals surface area contributed by atoms with Gasteiger partial charge in [-0.3, -0.25) is 0 Å². The van der Waals surface area contributed by atoms with Gasteiger partial charge in [-0.05, 0) is 23.8 Å². The molecule has 3 rings (SSSR count). The third-order valence-electron chi connectivity index (χ3n) is 3.01. The van der Waals surface area contributed by atoms with E-state index in [9.17, 15) is 4.39 Å². The van der Waals surface area contributed by atoms with Crippen molar-refractivity contribution < 1.29 is 9.13 Å². The quantitative estimate of drug-likeness (QED) is 0.625. The van der Waals surface area contributed by atoms with Gasteiger partial charge in [-0.2, -0.15) is 0 Å². The van der Waals surface area contributed by atoms with Gasteiger partial charge in [-0.25, -0.2) is 4.39 Å². The second kappa shape index (κ2) is 5.57. The Balaban J connectivity index is 2.06. The summed E-state index contributed by atoms with van der Waals surface area (Å²) in [4.78, 5) is 0. The van der Waals surface area contributed by atoms with Gasteiger partial charge < -0.3 is 4.74 Å². The zero-order valence-corrected chi connectivity index (χ0v) is 10.8. The topological polar surface area (TPSA) is 9.23 Å². The second-order valence-electron chi connectivity index (χ2n) is 4.40. The summed E-state index contributed by atoms with van der Waals surface area (Å²) in [7, 11) is 0. The maximum Gasteiger partial charge on any atom is 0.170 e. The molecule has 20 heavy (non-hydrogen) atoms. The Morgan fingerprint density at radius 3 is 2.00 bits per heavy atom. The summed E-state index contributed by atoms with van der Waals surface area (Å²) >= 11 is 0. The monoisotopic (exact) mass is 264 g/mol. The van der Waals surface area contributed by atoms with Gasteiger partial charge >= 0.3 is 0 Å². The molecule has 0 unspecified atom stereocenters. The highest BCUT2D eigenvalue weighted by Gasteiger charge is 2.12. The molecule has 0 fully saturated rings. The molecular weight excluding hydrogens is 251 g/mol. The molecule has 98 valence electrons. The highest BCUT2D eigenvalue weighted by atomic mass is 19.1. The zero-order chi connectivity index (χ0) is 13.8. The lowest BCUT2D eigenvalue weighted by molar-refractivity contribution is 0.444. The molecule has 1 nitrogen and oxygen atoms in total. The number of para-hydroxylation sites is 2. The summed E-state index contributed by atoms with van der Waals surface area (Å²) in [6, 6.07) is 23.8. The first-order valence-corrected chi connectivity index (χ1v) is 6.41. The highest BCUT2D eigenvalue weighted by molar-refractivity contribution is 5.71. The van der Waals surface area contributed by atoms with Crippen molar-refractivity contribution in [3.63, 3.8) is 0 Å². The van der Waals surface area contributed by atoms with Crippen LogP contribution in [0.4, 0.5) is 4.39 Å². The van der Waals surface area contributed by atoms with E-state index in [1.54, 1.807) is 18.2 Å². The van der Waals surface area contributed by atoms with Crippen LogP contribution in [0.3, 0.4) is 0 Å². The van der Waals surface area contributed by atoms with Crippen LogP contribution in [-0.2, 0) is 0 Å². The number of hydrogen-bond acceptors (Lipinski definition) is 1. The summed E-state index contributed by atoms with van der Waals surface area (Å²) in [6.07, 6.45) is 0. The lowest BCUT2D eigenvalue weighted by Crippen LogP contribution is -1.91. The predicted molar refractivity (Wildman–Crippen MR) is 78.4 cm³/mol. The number of hydrogen-bond donors (Lipinski definition) is 0. The van der Waals surface area contributed by atoms with Crippen molar-refractivity contribution in [1.82, 2.24) is 0 Å². The molecule has 0 heterocycles. The first-order valence-electron chi connectivity index (χ1n) is 6.41. The SMILES string of the molecule is Fc1cccc(-c2ccccc2)c1Oc1ccccc1. The third kappa shape index (κ3) is 2.54. The Labute approximate surface area is 117 Å². The average Bonchev–Trinajstić information content (AvgIpc) is 2.51. The molecule has 0 aromatic heterocycles. The third-order valence-corrected chi connectivity index (χ3v) is 3.01. The predicted octanol–water partition coefficient (Wildman–Crippen LogP) is 5.29. The molecule has 0 aliphatic carbocycles. The first-order chi connectivity index (χ1) is 9.84. The largest absolute Gasteiger partial charge is 0.454 e. The van der Waals surface area contributed by atoms with Crippen molar-refractivity contribution in [2.75, 3.05) is 0 Å². The van der Waals surface area contributed by atoms with E-state index in [1.165, 1.54) is 6.07 Å². The van der Waals surface area contributed by atoms with Gasteiger partial charge in [0.1, 0.15) is 5.75 Å². The number of halogens is 1. The summed E-state index contributed by atoms with van der Waals surface area (Å²) < 4.78 is 19.8. The van der Waals surface area contributed by atoms with Crippen LogP contribution in [0, 0.1) is 5.82 Å². The van der Waals surface area contributed by atoms with Crippen LogP contribution in [0.15, 0.2) is 78.9 Å². The molecule has 0 spiro atoms. The van der Waals surface area contributed by atoms with Gasteiger partial charge in [0.2, 0.25) is 0 Å². The van der Waals surface area contributed by atoms with E-state index in [1.807, 2.05) is 54.6 Å². The van der Waals surface area contributed by atoms with Crippen molar-refractivity contribution in [1.29, 1.82) is 0 Å². The van der Waals surface area contributed by atoms with Crippen molar-refractivity contribution >= 4 is 0 Å². The van der Waals surface area contributed by atoms with Gasteiger partial charge in [0, 0.05) is 5.56 Å². The zero-order valence-electron chi connectivity index (χ0n) is 10.8. The summed E-state index contributed by atoms with van der Waals surface area (Å²) in [5, 5.41) is 0. The molecule has 0 bridgehead atoms. The van der Waals surface area contributed by atoms with E-state index in [0.717, 1.165) is 11.1 Å². The molecule has 0 aliphatic heterocycles. The van der Waals surface area contributed by atoms with Crippen LogP contribution >= 0.6 is 0 Å². The Morgan fingerprint density at radius 1 is 0.650 bits per heavy atom.